The number of halogens is 1. The topological polar surface area (TPSA) is 42.4 Å². The van der Waals surface area contributed by atoms with Gasteiger partial charge in [0.15, 0.2) is 5.75 Å². The summed E-state index contributed by atoms with van der Waals surface area (Å²) in [5.74, 6) is 0.791. The van der Waals surface area contributed by atoms with E-state index in [-0.39, 0.29) is 6.61 Å². The summed E-state index contributed by atoms with van der Waals surface area (Å²) in [6.45, 7) is 2.65. The lowest BCUT2D eigenvalue weighted by Crippen LogP contribution is -2.02. The maximum Gasteiger partial charge on any atom is 0.151 e. The van der Waals surface area contributed by atoms with Crippen LogP contribution in [0.4, 0.5) is 0 Å². The molecule has 0 saturated carbocycles. The molecule has 0 atom stereocenters. The predicted molar refractivity (Wildman–Crippen MR) is 58.9 cm³/mol. The number of aliphatic hydroxyl groups is 1. The maximum absolute atomic E-state index is 8.56. The molecule has 3 nitrogen and oxygen atoms in total. The minimum atomic E-state index is 0.163. The van der Waals surface area contributed by atoms with Gasteiger partial charge in [0, 0.05) is 18.7 Å². The molecular weight excluding hydrogens is 281 g/mol. The molecule has 13 heavy (non-hydrogen) atoms. The number of hydrogen-bond donors (Lipinski definition) is 1. The molecule has 1 rings (SSSR count). The van der Waals surface area contributed by atoms with Crippen LogP contribution in [-0.2, 0) is 0 Å². The predicted octanol–water partition coefficient (Wildman–Crippen LogP) is 1.76. The zero-order valence-electron chi connectivity index (χ0n) is 7.46. The summed E-state index contributed by atoms with van der Waals surface area (Å²) in [5.41, 5.74) is 0.985. The molecular formula is C9H12INO2. The number of pyridine rings is 1. The first-order chi connectivity index (χ1) is 6.24. The second-order valence-corrected chi connectivity index (χ2v) is 3.69. The van der Waals surface area contributed by atoms with Crippen LogP contribution >= 0.6 is 22.6 Å². The van der Waals surface area contributed by atoms with Gasteiger partial charge in [0.05, 0.1) is 6.61 Å². The molecule has 0 aliphatic heterocycles. The Morgan fingerprint density at radius 1 is 1.54 bits per heavy atom. The van der Waals surface area contributed by atoms with Crippen molar-refractivity contribution in [3.63, 3.8) is 0 Å². The van der Waals surface area contributed by atoms with Crippen molar-refractivity contribution < 1.29 is 9.84 Å². The van der Waals surface area contributed by atoms with Gasteiger partial charge < -0.3 is 9.84 Å². The molecule has 1 N–H and O–H groups in total. The Labute approximate surface area is 91.3 Å². The smallest absolute Gasteiger partial charge is 0.151 e. The molecule has 72 valence electrons. The summed E-state index contributed by atoms with van der Waals surface area (Å²) >= 11 is 2.14. The fraction of sp³-hybridized carbons (Fsp3) is 0.444. The molecule has 0 spiro atoms. The van der Waals surface area contributed by atoms with Gasteiger partial charge in [-0.05, 0) is 41.6 Å². The van der Waals surface area contributed by atoms with Gasteiger partial charge in [-0.2, -0.15) is 0 Å². The van der Waals surface area contributed by atoms with Crippen molar-refractivity contribution in [1.29, 1.82) is 0 Å². The third kappa shape index (κ3) is 3.48. The second-order valence-electron chi connectivity index (χ2n) is 2.67. The Kier molecular flexibility index (Phi) is 4.44. The highest BCUT2D eigenvalue weighted by atomic mass is 127. The number of aromatic nitrogens is 1. The van der Waals surface area contributed by atoms with Crippen molar-refractivity contribution in [3.05, 3.63) is 21.5 Å². The average Bonchev–Trinajstić information content (AvgIpc) is 2.09. The molecule has 0 bridgehead atoms. The summed E-state index contributed by atoms with van der Waals surface area (Å²) in [4.78, 5) is 4.25. The summed E-state index contributed by atoms with van der Waals surface area (Å²) in [7, 11) is 0. The number of aliphatic hydroxyl groups excluding tert-OH is 1. The van der Waals surface area contributed by atoms with Crippen molar-refractivity contribution >= 4 is 22.6 Å². The maximum atomic E-state index is 8.56. The third-order valence-corrected chi connectivity index (χ3v) is 2.29. The Balaban J connectivity index is 2.56. The standard InChI is InChI=1S/C9H12INO2/c1-7-3-4-8(9(10)11-7)13-6-2-5-12/h3-4,12H,2,5-6H2,1H3. The van der Waals surface area contributed by atoms with Crippen molar-refractivity contribution in [2.45, 2.75) is 13.3 Å². The van der Waals surface area contributed by atoms with E-state index in [1.165, 1.54) is 0 Å². The highest BCUT2D eigenvalue weighted by molar-refractivity contribution is 14.1. The van der Waals surface area contributed by atoms with E-state index in [4.69, 9.17) is 9.84 Å². The van der Waals surface area contributed by atoms with Crippen LogP contribution in [0.1, 0.15) is 12.1 Å². The van der Waals surface area contributed by atoms with Crippen LogP contribution in [-0.4, -0.2) is 23.3 Å². The minimum Gasteiger partial charge on any atom is -0.491 e. The average molecular weight is 293 g/mol. The van der Waals surface area contributed by atoms with E-state index < -0.39 is 0 Å². The van der Waals surface area contributed by atoms with Crippen molar-refractivity contribution in [2.75, 3.05) is 13.2 Å². The van der Waals surface area contributed by atoms with E-state index in [1.54, 1.807) is 0 Å². The molecule has 0 fully saturated rings. The van der Waals surface area contributed by atoms with E-state index in [1.807, 2.05) is 19.1 Å². The second kappa shape index (κ2) is 5.39. The van der Waals surface area contributed by atoms with E-state index in [0.29, 0.717) is 13.0 Å². The molecule has 1 heterocycles. The molecule has 0 unspecified atom stereocenters. The Hall–Kier alpha value is -0.360. The van der Waals surface area contributed by atoms with Gasteiger partial charge in [0.25, 0.3) is 0 Å². The monoisotopic (exact) mass is 293 g/mol. The fourth-order valence-electron chi connectivity index (χ4n) is 0.867. The molecule has 0 radical (unpaired) electrons. The summed E-state index contributed by atoms with van der Waals surface area (Å²) in [6, 6.07) is 3.82. The lowest BCUT2D eigenvalue weighted by molar-refractivity contribution is 0.232. The lowest BCUT2D eigenvalue weighted by atomic mass is 10.4. The first-order valence-electron chi connectivity index (χ1n) is 4.11. The lowest BCUT2D eigenvalue weighted by Gasteiger charge is -2.06. The largest absolute Gasteiger partial charge is 0.491 e. The SMILES string of the molecule is Cc1ccc(OCCCO)c(I)n1. The van der Waals surface area contributed by atoms with Gasteiger partial charge >= 0.3 is 0 Å². The van der Waals surface area contributed by atoms with Crippen LogP contribution in [0.25, 0.3) is 0 Å². The van der Waals surface area contributed by atoms with Crippen LogP contribution in [0.3, 0.4) is 0 Å². The molecule has 0 amide bonds. The van der Waals surface area contributed by atoms with Crippen molar-refractivity contribution in [3.8, 4) is 5.75 Å². The van der Waals surface area contributed by atoms with Crippen LogP contribution in [0.5, 0.6) is 5.75 Å². The van der Waals surface area contributed by atoms with Gasteiger partial charge in [-0.25, -0.2) is 4.98 Å². The molecule has 4 heteroatoms. The Bertz CT molecular complexity index is 278. The first kappa shape index (κ1) is 10.7. The third-order valence-electron chi connectivity index (χ3n) is 1.51. The number of hydrogen-bond acceptors (Lipinski definition) is 3. The summed E-state index contributed by atoms with van der Waals surface area (Å²) in [6.07, 6.45) is 0.657. The van der Waals surface area contributed by atoms with Crippen LogP contribution in [0.15, 0.2) is 12.1 Å². The highest BCUT2D eigenvalue weighted by Crippen LogP contribution is 2.18. The van der Waals surface area contributed by atoms with E-state index in [9.17, 15) is 0 Å². The zero-order chi connectivity index (χ0) is 9.68. The molecule has 1 aromatic heterocycles. The molecule has 0 aromatic carbocycles. The molecule has 0 saturated heterocycles. The van der Waals surface area contributed by atoms with Crippen LogP contribution in [0, 0.1) is 10.6 Å². The van der Waals surface area contributed by atoms with E-state index in [0.717, 1.165) is 15.1 Å². The van der Waals surface area contributed by atoms with Crippen LogP contribution < -0.4 is 4.74 Å². The number of nitrogens with zero attached hydrogens (tertiary/aromatic N) is 1. The quantitative estimate of drug-likeness (QED) is 0.522. The molecule has 0 aliphatic rings. The fourth-order valence-corrected chi connectivity index (χ4v) is 1.58. The van der Waals surface area contributed by atoms with E-state index in [2.05, 4.69) is 27.6 Å². The summed E-state index contributed by atoms with van der Waals surface area (Å²) in [5, 5.41) is 8.56. The Morgan fingerprint density at radius 2 is 2.31 bits per heavy atom. The van der Waals surface area contributed by atoms with Gasteiger partial charge in [-0.1, -0.05) is 0 Å². The van der Waals surface area contributed by atoms with Gasteiger partial charge in [0.1, 0.15) is 3.70 Å². The van der Waals surface area contributed by atoms with Gasteiger partial charge in [-0.3, -0.25) is 0 Å². The van der Waals surface area contributed by atoms with Crippen molar-refractivity contribution in [1.82, 2.24) is 4.98 Å². The number of rotatable bonds is 4. The normalized spacial score (nSPS) is 10.1. The van der Waals surface area contributed by atoms with Crippen molar-refractivity contribution in [2.24, 2.45) is 0 Å². The zero-order valence-corrected chi connectivity index (χ0v) is 9.61. The van der Waals surface area contributed by atoms with Gasteiger partial charge in [0.2, 0.25) is 0 Å². The van der Waals surface area contributed by atoms with Gasteiger partial charge in [-0.15, -0.1) is 0 Å². The van der Waals surface area contributed by atoms with Crippen LogP contribution in [0.2, 0.25) is 0 Å². The Morgan fingerprint density at radius 3 is 2.92 bits per heavy atom. The highest BCUT2D eigenvalue weighted by Gasteiger charge is 2.01. The summed E-state index contributed by atoms with van der Waals surface area (Å²) < 4.78 is 6.27. The molecule has 1 aromatic rings. The number of ether oxygens (including phenoxy) is 1. The van der Waals surface area contributed by atoms with E-state index >= 15 is 0 Å². The number of aryl methyl sites for hydroxylation is 1. The first-order valence-corrected chi connectivity index (χ1v) is 5.18. The minimum absolute atomic E-state index is 0.163. The molecule has 0 aliphatic carbocycles.